The number of aromatic amines is 1. The lowest BCUT2D eigenvalue weighted by Crippen LogP contribution is -2.49. The number of pyridine rings is 2. The van der Waals surface area contributed by atoms with E-state index in [1.54, 1.807) is 48.8 Å². The van der Waals surface area contributed by atoms with Crippen molar-refractivity contribution in [2.24, 2.45) is 5.41 Å². The van der Waals surface area contributed by atoms with Crippen LogP contribution in [-0.2, 0) is 17.8 Å². The minimum Gasteiger partial charge on any atom is -0.481 e. The van der Waals surface area contributed by atoms with Gasteiger partial charge >= 0.3 is 5.97 Å². The molecule has 0 saturated carbocycles. The highest BCUT2D eigenvalue weighted by molar-refractivity contribution is 6.30. The molecule has 0 unspecified atom stereocenters. The Morgan fingerprint density at radius 3 is 2.75 bits per heavy atom. The molecule has 208 valence electrons. The molecule has 11 heteroatoms. The second-order valence-corrected chi connectivity index (χ2v) is 10.8. The molecule has 2 atom stereocenters. The summed E-state index contributed by atoms with van der Waals surface area (Å²) in [5.41, 5.74) is 1.35. The first kappa shape index (κ1) is 27.7. The van der Waals surface area contributed by atoms with Gasteiger partial charge in [0.2, 0.25) is 0 Å². The third-order valence-corrected chi connectivity index (χ3v) is 7.79. The Morgan fingerprint density at radius 2 is 2.08 bits per heavy atom. The summed E-state index contributed by atoms with van der Waals surface area (Å²) in [6.45, 7) is 4.52. The minimum atomic E-state index is -1.14. The van der Waals surface area contributed by atoms with E-state index in [2.05, 4.69) is 30.4 Å². The Kier molecular flexibility index (Phi) is 7.82. The Bertz CT molecular complexity index is 1530. The highest BCUT2D eigenvalue weighted by Gasteiger charge is 2.45. The Hall–Kier alpha value is -3.89. The lowest BCUT2D eigenvalue weighted by molar-refractivity contribution is -0.153. The van der Waals surface area contributed by atoms with E-state index in [1.165, 1.54) is 6.07 Å². The number of carboxylic acid groups (broad SMARTS) is 1. The van der Waals surface area contributed by atoms with Crippen molar-refractivity contribution in [3.8, 4) is 11.1 Å². The van der Waals surface area contributed by atoms with E-state index in [4.69, 9.17) is 11.6 Å². The molecule has 3 N–H and O–H groups in total. The molecular formula is C29H29ClF2N6O2. The number of benzene rings is 1. The second-order valence-electron chi connectivity index (χ2n) is 10.4. The van der Waals surface area contributed by atoms with E-state index in [-0.39, 0.29) is 28.9 Å². The SMILES string of the molecule is Cc1cc(Nc2nc(C[C@@]3(C(=O)O)CCN(Cc4cccc(Cl)c4F)[C@H](C)C3)cc(-c3cccnc3)c2F)n[nH]1. The molecule has 1 aliphatic heterocycles. The van der Waals surface area contributed by atoms with Crippen LogP contribution in [0.2, 0.25) is 5.02 Å². The monoisotopic (exact) mass is 566 g/mol. The van der Waals surface area contributed by atoms with Gasteiger partial charge in [0, 0.05) is 65.5 Å². The van der Waals surface area contributed by atoms with Crippen molar-refractivity contribution in [3.63, 3.8) is 0 Å². The summed E-state index contributed by atoms with van der Waals surface area (Å²) in [6.07, 6.45) is 3.87. The number of nitrogens with one attached hydrogen (secondary N) is 2. The van der Waals surface area contributed by atoms with Crippen molar-refractivity contribution in [1.82, 2.24) is 25.1 Å². The molecule has 8 nitrogen and oxygen atoms in total. The molecule has 0 amide bonds. The summed E-state index contributed by atoms with van der Waals surface area (Å²) in [6, 6.07) is 11.5. The molecule has 0 spiro atoms. The van der Waals surface area contributed by atoms with E-state index < -0.39 is 23.0 Å². The minimum absolute atomic E-state index is 0.0506. The lowest BCUT2D eigenvalue weighted by atomic mass is 9.72. The molecule has 0 radical (unpaired) electrons. The van der Waals surface area contributed by atoms with Crippen molar-refractivity contribution >= 4 is 29.2 Å². The fourth-order valence-electron chi connectivity index (χ4n) is 5.37. The number of likely N-dealkylation sites (tertiary alicyclic amines) is 1. The fourth-order valence-corrected chi connectivity index (χ4v) is 5.56. The summed E-state index contributed by atoms with van der Waals surface area (Å²) in [4.78, 5) is 23.4. The smallest absolute Gasteiger partial charge is 0.310 e. The van der Waals surface area contributed by atoms with Crippen LogP contribution in [0.15, 0.2) is 54.9 Å². The van der Waals surface area contributed by atoms with Crippen LogP contribution in [0, 0.1) is 24.0 Å². The molecule has 1 aromatic carbocycles. The number of nitrogens with zero attached hydrogens (tertiary/aromatic N) is 4. The van der Waals surface area contributed by atoms with Gasteiger partial charge in [0.25, 0.3) is 0 Å². The molecule has 5 rings (SSSR count). The van der Waals surface area contributed by atoms with E-state index in [9.17, 15) is 14.3 Å². The number of aromatic nitrogens is 4. The number of anilines is 2. The number of hydrogen-bond donors (Lipinski definition) is 3. The summed E-state index contributed by atoms with van der Waals surface area (Å²) in [7, 11) is 0. The van der Waals surface area contributed by atoms with Crippen LogP contribution in [-0.4, -0.2) is 48.7 Å². The lowest BCUT2D eigenvalue weighted by Gasteiger charge is -2.43. The number of piperidine rings is 1. The van der Waals surface area contributed by atoms with Crippen molar-refractivity contribution in [2.75, 3.05) is 11.9 Å². The number of hydrogen-bond acceptors (Lipinski definition) is 6. The van der Waals surface area contributed by atoms with Crippen LogP contribution in [0.4, 0.5) is 20.4 Å². The normalized spacial score (nSPS) is 19.5. The quantitative estimate of drug-likeness (QED) is 0.235. The van der Waals surface area contributed by atoms with Crippen molar-refractivity contribution in [1.29, 1.82) is 0 Å². The van der Waals surface area contributed by atoms with Crippen molar-refractivity contribution in [2.45, 2.75) is 45.7 Å². The largest absolute Gasteiger partial charge is 0.481 e. The number of halogens is 3. The van der Waals surface area contributed by atoms with E-state index >= 15 is 4.39 Å². The van der Waals surface area contributed by atoms with Gasteiger partial charge in [-0.25, -0.2) is 13.8 Å². The molecule has 0 aliphatic carbocycles. The first-order chi connectivity index (χ1) is 19.1. The van der Waals surface area contributed by atoms with Crippen LogP contribution >= 0.6 is 11.6 Å². The average molecular weight is 567 g/mol. The zero-order chi connectivity index (χ0) is 28.4. The third-order valence-electron chi connectivity index (χ3n) is 7.50. The molecule has 1 aliphatic rings. The van der Waals surface area contributed by atoms with Gasteiger partial charge in [0.15, 0.2) is 17.5 Å². The number of carboxylic acids is 1. The number of aliphatic carboxylic acids is 1. The van der Waals surface area contributed by atoms with Crippen LogP contribution in [0.5, 0.6) is 0 Å². The van der Waals surface area contributed by atoms with Gasteiger partial charge < -0.3 is 10.4 Å². The summed E-state index contributed by atoms with van der Waals surface area (Å²) < 4.78 is 30.2. The summed E-state index contributed by atoms with van der Waals surface area (Å²) >= 11 is 5.96. The molecule has 1 fully saturated rings. The van der Waals surface area contributed by atoms with Gasteiger partial charge in [-0.15, -0.1) is 0 Å². The maximum atomic E-state index is 15.7. The van der Waals surface area contributed by atoms with Gasteiger partial charge in [0.05, 0.1) is 10.4 Å². The standard InChI is InChI=1S/C29H29ClF2N6O2/c1-17-11-24(37-36-17)35-27-26(32)22(19-6-4-9-33-15-19)12-21(34-27)14-29(28(39)40)8-10-38(18(2)13-29)16-20-5-3-7-23(30)25(20)31/h3-7,9,11-12,15,18H,8,10,13-14,16H2,1-2H3,(H,39,40)(H2,34,35,36,37)/t18-,29-/m1/s1. The molecule has 1 saturated heterocycles. The summed E-state index contributed by atoms with van der Waals surface area (Å²) in [5.74, 6) is -1.66. The Balaban J connectivity index is 1.45. The van der Waals surface area contributed by atoms with Crippen molar-refractivity contribution < 1.29 is 18.7 Å². The van der Waals surface area contributed by atoms with Gasteiger partial charge in [-0.1, -0.05) is 29.8 Å². The number of H-pyrrole nitrogens is 1. The molecule has 0 bridgehead atoms. The average Bonchev–Trinajstić information content (AvgIpc) is 3.34. The van der Waals surface area contributed by atoms with Crippen LogP contribution in [0.25, 0.3) is 11.1 Å². The molecule has 4 heterocycles. The zero-order valence-corrected chi connectivity index (χ0v) is 22.8. The van der Waals surface area contributed by atoms with E-state index in [0.29, 0.717) is 48.6 Å². The van der Waals surface area contributed by atoms with Gasteiger partial charge in [0.1, 0.15) is 5.82 Å². The molecule has 40 heavy (non-hydrogen) atoms. The summed E-state index contributed by atoms with van der Waals surface area (Å²) in [5, 5.41) is 20.3. The third kappa shape index (κ3) is 5.68. The van der Waals surface area contributed by atoms with Gasteiger partial charge in [-0.3, -0.25) is 19.8 Å². The van der Waals surface area contributed by atoms with Crippen LogP contribution in [0.3, 0.4) is 0 Å². The maximum absolute atomic E-state index is 15.7. The van der Waals surface area contributed by atoms with Crippen LogP contribution in [0.1, 0.15) is 36.7 Å². The first-order valence-electron chi connectivity index (χ1n) is 12.9. The van der Waals surface area contributed by atoms with Crippen LogP contribution < -0.4 is 5.32 Å². The first-order valence-corrected chi connectivity index (χ1v) is 13.3. The van der Waals surface area contributed by atoms with E-state index in [1.807, 2.05) is 13.8 Å². The molecular weight excluding hydrogens is 538 g/mol. The fraction of sp³-hybridized carbons (Fsp3) is 0.310. The van der Waals surface area contributed by atoms with E-state index in [0.717, 1.165) is 5.69 Å². The topological polar surface area (TPSA) is 107 Å². The predicted molar refractivity (Wildman–Crippen MR) is 148 cm³/mol. The molecule has 3 aromatic heterocycles. The maximum Gasteiger partial charge on any atom is 0.310 e. The highest BCUT2D eigenvalue weighted by Crippen LogP contribution is 2.40. The Labute approximate surface area is 235 Å². The van der Waals surface area contributed by atoms with Gasteiger partial charge in [-0.2, -0.15) is 5.10 Å². The second kappa shape index (κ2) is 11.3. The van der Waals surface area contributed by atoms with Gasteiger partial charge in [-0.05, 0) is 51.4 Å². The van der Waals surface area contributed by atoms with Crippen molar-refractivity contribution in [3.05, 3.63) is 88.5 Å². The predicted octanol–water partition coefficient (Wildman–Crippen LogP) is 6.15. The number of carbonyl (C=O) groups is 1. The molecule has 4 aromatic rings. The number of rotatable bonds is 8. The highest BCUT2D eigenvalue weighted by atomic mass is 35.5. The zero-order valence-electron chi connectivity index (χ0n) is 22.1. The number of aryl methyl sites for hydroxylation is 1. The Morgan fingerprint density at radius 1 is 1.25 bits per heavy atom.